The molecule has 0 unspecified atom stereocenters. The van der Waals surface area contributed by atoms with E-state index in [1.807, 2.05) is 6.07 Å². The minimum atomic E-state index is -0.389. The zero-order chi connectivity index (χ0) is 14.0. The van der Waals surface area contributed by atoms with Crippen LogP contribution in [0.2, 0.25) is 0 Å². The SMILES string of the molecule is Cc1cc(NCc2cc(Br)c(Br)o2)ccc1[N+](=O)[O-]. The van der Waals surface area contributed by atoms with Crippen LogP contribution in [-0.4, -0.2) is 4.92 Å². The van der Waals surface area contributed by atoms with Gasteiger partial charge in [-0.25, -0.2) is 0 Å². The van der Waals surface area contributed by atoms with Gasteiger partial charge in [0.1, 0.15) is 5.76 Å². The molecule has 0 saturated heterocycles. The molecule has 5 nitrogen and oxygen atoms in total. The van der Waals surface area contributed by atoms with Crippen molar-refractivity contribution in [2.75, 3.05) is 5.32 Å². The van der Waals surface area contributed by atoms with Gasteiger partial charge < -0.3 is 9.73 Å². The number of aryl methyl sites for hydroxylation is 1. The Kier molecular flexibility index (Phi) is 4.26. The molecule has 1 aromatic carbocycles. The van der Waals surface area contributed by atoms with Crippen molar-refractivity contribution in [2.24, 2.45) is 0 Å². The molecule has 0 amide bonds. The summed E-state index contributed by atoms with van der Waals surface area (Å²) in [5.74, 6) is 0.759. The van der Waals surface area contributed by atoms with Crippen LogP contribution in [0.25, 0.3) is 0 Å². The molecule has 1 aromatic heterocycles. The maximum atomic E-state index is 10.7. The van der Waals surface area contributed by atoms with Crippen molar-refractivity contribution >= 4 is 43.2 Å². The van der Waals surface area contributed by atoms with E-state index in [2.05, 4.69) is 37.2 Å². The van der Waals surface area contributed by atoms with E-state index in [9.17, 15) is 10.1 Å². The van der Waals surface area contributed by atoms with Gasteiger partial charge in [-0.2, -0.15) is 0 Å². The highest BCUT2D eigenvalue weighted by Crippen LogP contribution is 2.27. The van der Waals surface area contributed by atoms with Crippen LogP contribution in [0, 0.1) is 17.0 Å². The lowest BCUT2D eigenvalue weighted by molar-refractivity contribution is -0.385. The molecule has 0 aliphatic heterocycles. The summed E-state index contributed by atoms with van der Waals surface area (Å²) in [7, 11) is 0. The summed E-state index contributed by atoms with van der Waals surface area (Å²) in [5, 5.41) is 13.9. The number of anilines is 1. The van der Waals surface area contributed by atoms with Crippen LogP contribution < -0.4 is 5.32 Å². The first-order chi connectivity index (χ1) is 8.97. The summed E-state index contributed by atoms with van der Waals surface area (Å²) in [4.78, 5) is 10.3. The van der Waals surface area contributed by atoms with Crippen LogP contribution >= 0.6 is 31.9 Å². The first-order valence-electron chi connectivity index (χ1n) is 5.40. The van der Waals surface area contributed by atoms with Crippen LogP contribution in [0.3, 0.4) is 0 Å². The zero-order valence-corrected chi connectivity index (χ0v) is 13.1. The molecule has 0 aliphatic carbocycles. The molecule has 19 heavy (non-hydrogen) atoms. The molecule has 0 atom stereocenters. The fourth-order valence-electron chi connectivity index (χ4n) is 1.64. The fraction of sp³-hybridized carbons (Fsp3) is 0.167. The average Bonchev–Trinajstić information content (AvgIpc) is 2.66. The number of nitrogens with one attached hydrogen (secondary N) is 1. The van der Waals surface area contributed by atoms with Gasteiger partial charge in [0.15, 0.2) is 4.67 Å². The molecule has 0 radical (unpaired) electrons. The molecule has 7 heteroatoms. The highest BCUT2D eigenvalue weighted by atomic mass is 79.9. The number of hydrogen-bond acceptors (Lipinski definition) is 4. The molecule has 2 rings (SSSR count). The molecule has 2 aromatic rings. The highest BCUT2D eigenvalue weighted by Gasteiger charge is 2.10. The second kappa shape index (κ2) is 5.75. The third-order valence-corrected chi connectivity index (χ3v) is 4.27. The van der Waals surface area contributed by atoms with E-state index in [1.165, 1.54) is 6.07 Å². The highest BCUT2D eigenvalue weighted by molar-refractivity contribution is 9.13. The lowest BCUT2D eigenvalue weighted by Gasteiger charge is -2.05. The van der Waals surface area contributed by atoms with E-state index in [0.29, 0.717) is 16.8 Å². The Morgan fingerprint density at radius 3 is 2.63 bits per heavy atom. The number of halogens is 2. The number of benzene rings is 1. The first-order valence-corrected chi connectivity index (χ1v) is 6.98. The molecular formula is C12H10Br2N2O3. The van der Waals surface area contributed by atoms with E-state index in [1.54, 1.807) is 19.1 Å². The Hall–Kier alpha value is -1.34. The van der Waals surface area contributed by atoms with Gasteiger partial charge >= 0.3 is 0 Å². The largest absolute Gasteiger partial charge is 0.451 e. The van der Waals surface area contributed by atoms with Crippen molar-refractivity contribution < 1.29 is 9.34 Å². The monoisotopic (exact) mass is 388 g/mol. The van der Waals surface area contributed by atoms with Crippen molar-refractivity contribution in [3.8, 4) is 0 Å². The lowest BCUT2D eigenvalue weighted by atomic mass is 10.2. The van der Waals surface area contributed by atoms with Gasteiger partial charge in [0.05, 0.1) is 15.9 Å². The van der Waals surface area contributed by atoms with Crippen LogP contribution in [0.1, 0.15) is 11.3 Å². The average molecular weight is 390 g/mol. The van der Waals surface area contributed by atoms with Crippen LogP contribution in [0.15, 0.2) is 37.8 Å². The molecule has 100 valence electrons. The van der Waals surface area contributed by atoms with Gasteiger partial charge in [-0.05, 0) is 57.0 Å². The minimum absolute atomic E-state index is 0.119. The van der Waals surface area contributed by atoms with Gasteiger partial charge in [-0.15, -0.1) is 0 Å². The summed E-state index contributed by atoms with van der Waals surface area (Å²) in [6.07, 6.45) is 0. The maximum absolute atomic E-state index is 10.7. The normalized spacial score (nSPS) is 10.5. The smallest absolute Gasteiger partial charge is 0.272 e. The topological polar surface area (TPSA) is 68.3 Å². The summed E-state index contributed by atoms with van der Waals surface area (Å²) in [6, 6.07) is 6.77. The van der Waals surface area contributed by atoms with Crippen molar-refractivity contribution in [1.82, 2.24) is 0 Å². The number of hydrogen-bond donors (Lipinski definition) is 1. The number of nitrogens with zero attached hydrogens (tertiary/aromatic N) is 1. The number of nitro benzene ring substituents is 1. The van der Waals surface area contributed by atoms with E-state index in [4.69, 9.17) is 4.42 Å². The number of furan rings is 1. The summed E-state index contributed by atoms with van der Waals surface area (Å²) in [5.41, 5.74) is 1.55. The van der Waals surface area contributed by atoms with Crippen LogP contribution in [-0.2, 0) is 6.54 Å². The standard InChI is InChI=1S/C12H10Br2N2O3/c1-7-4-8(2-3-11(7)16(17)18)15-6-9-5-10(13)12(14)19-9/h2-5,15H,6H2,1H3. The molecule has 0 bridgehead atoms. The number of nitro groups is 1. The van der Waals surface area contributed by atoms with E-state index in [0.717, 1.165) is 15.9 Å². The Labute approximate surface area is 126 Å². The Bertz CT molecular complexity index is 606. The molecule has 0 saturated carbocycles. The van der Waals surface area contributed by atoms with Crippen LogP contribution in [0.4, 0.5) is 11.4 Å². The van der Waals surface area contributed by atoms with E-state index < -0.39 is 0 Å². The second-order valence-corrected chi connectivity index (χ2v) is 5.52. The fourth-order valence-corrected chi connectivity index (χ4v) is 2.30. The Morgan fingerprint density at radius 1 is 1.37 bits per heavy atom. The van der Waals surface area contributed by atoms with E-state index >= 15 is 0 Å². The lowest BCUT2D eigenvalue weighted by Crippen LogP contribution is -1.99. The first kappa shape index (κ1) is 14.1. The maximum Gasteiger partial charge on any atom is 0.272 e. The summed E-state index contributed by atoms with van der Waals surface area (Å²) < 4.78 is 6.92. The molecular weight excluding hydrogens is 380 g/mol. The van der Waals surface area contributed by atoms with Crippen LogP contribution in [0.5, 0.6) is 0 Å². The zero-order valence-electron chi connectivity index (χ0n) is 9.94. The van der Waals surface area contributed by atoms with Crippen molar-refractivity contribution in [3.05, 3.63) is 54.8 Å². The van der Waals surface area contributed by atoms with Crippen molar-refractivity contribution in [1.29, 1.82) is 0 Å². The van der Waals surface area contributed by atoms with Gasteiger partial charge in [0, 0.05) is 17.3 Å². The van der Waals surface area contributed by atoms with Gasteiger partial charge in [-0.3, -0.25) is 10.1 Å². The molecule has 0 spiro atoms. The third-order valence-electron chi connectivity index (χ3n) is 2.56. The molecule has 0 fully saturated rings. The predicted octanol–water partition coefficient (Wildman–Crippen LogP) is 4.63. The summed E-state index contributed by atoms with van der Waals surface area (Å²) >= 11 is 6.60. The van der Waals surface area contributed by atoms with Gasteiger partial charge in [-0.1, -0.05) is 0 Å². The minimum Gasteiger partial charge on any atom is -0.451 e. The van der Waals surface area contributed by atoms with Crippen molar-refractivity contribution in [2.45, 2.75) is 13.5 Å². The molecule has 1 N–H and O–H groups in total. The predicted molar refractivity (Wildman–Crippen MR) is 79.3 cm³/mol. The molecule has 1 heterocycles. The van der Waals surface area contributed by atoms with Gasteiger partial charge in [0.2, 0.25) is 0 Å². The van der Waals surface area contributed by atoms with Crippen molar-refractivity contribution in [3.63, 3.8) is 0 Å². The summed E-state index contributed by atoms with van der Waals surface area (Å²) in [6.45, 7) is 2.21. The van der Waals surface area contributed by atoms with Gasteiger partial charge in [0.25, 0.3) is 5.69 Å². The Morgan fingerprint density at radius 2 is 2.11 bits per heavy atom. The third kappa shape index (κ3) is 3.36. The molecule has 0 aliphatic rings. The quantitative estimate of drug-likeness (QED) is 0.611. The van der Waals surface area contributed by atoms with E-state index in [-0.39, 0.29) is 10.6 Å². The number of rotatable bonds is 4. The second-order valence-electron chi connectivity index (χ2n) is 3.95. The Balaban J connectivity index is 2.08.